The van der Waals surface area contributed by atoms with Gasteiger partial charge in [0.15, 0.2) is 0 Å². The molecule has 0 aliphatic heterocycles. The Morgan fingerprint density at radius 1 is 0.500 bits per heavy atom. The highest BCUT2D eigenvalue weighted by atomic mass is 15.2. The number of benzene rings is 5. The molecule has 0 atom stereocenters. The molecular formula is C32H20N4. The monoisotopic (exact) mass is 460 g/mol. The van der Waals surface area contributed by atoms with E-state index < -0.39 is 0 Å². The van der Waals surface area contributed by atoms with E-state index >= 15 is 0 Å². The summed E-state index contributed by atoms with van der Waals surface area (Å²) in [6.45, 7) is 0. The van der Waals surface area contributed by atoms with Crippen molar-refractivity contribution in [3.63, 3.8) is 0 Å². The molecule has 4 heteroatoms. The maximum atomic E-state index is 5.19. The lowest BCUT2D eigenvalue weighted by Gasteiger charge is -2.11. The van der Waals surface area contributed by atoms with E-state index in [0.29, 0.717) is 5.95 Å². The first-order chi connectivity index (χ1) is 17.9. The zero-order chi connectivity index (χ0) is 23.6. The lowest BCUT2D eigenvalue weighted by molar-refractivity contribution is 1.01. The van der Waals surface area contributed by atoms with E-state index in [-0.39, 0.29) is 0 Å². The van der Waals surface area contributed by atoms with Gasteiger partial charge in [-0.05, 0) is 30.3 Å². The molecule has 0 spiro atoms. The van der Waals surface area contributed by atoms with Crippen LogP contribution in [0.25, 0.3) is 71.7 Å². The van der Waals surface area contributed by atoms with Crippen LogP contribution >= 0.6 is 0 Å². The molecule has 8 rings (SSSR count). The van der Waals surface area contributed by atoms with Gasteiger partial charge in [-0.15, -0.1) is 0 Å². The molecule has 0 radical (unpaired) electrons. The van der Waals surface area contributed by atoms with Crippen molar-refractivity contribution in [3.05, 3.63) is 115 Å². The Hall–Kier alpha value is -4.96. The van der Waals surface area contributed by atoms with Gasteiger partial charge in [0, 0.05) is 43.5 Å². The van der Waals surface area contributed by atoms with Gasteiger partial charge in [-0.2, -0.15) is 0 Å². The number of rotatable bonds is 2. The average molecular weight is 461 g/mol. The van der Waals surface area contributed by atoms with Crippen LogP contribution in [-0.4, -0.2) is 19.5 Å². The van der Waals surface area contributed by atoms with Crippen molar-refractivity contribution in [2.45, 2.75) is 0 Å². The molecule has 0 amide bonds. The van der Waals surface area contributed by atoms with Crippen LogP contribution in [0.2, 0.25) is 0 Å². The van der Waals surface area contributed by atoms with E-state index in [4.69, 9.17) is 9.97 Å². The molecule has 3 heterocycles. The molecular weight excluding hydrogens is 440 g/mol. The smallest absolute Gasteiger partial charge is 0.235 e. The summed E-state index contributed by atoms with van der Waals surface area (Å²) in [5, 5.41) is 5.93. The topological polar surface area (TPSA) is 46.5 Å². The summed E-state index contributed by atoms with van der Waals surface area (Å²) in [5.41, 5.74) is 7.43. The quantitative estimate of drug-likeness (QED) is 0.284. The van der Waals surface area contributed by atoms with E-state index in [9.17, 15) is 0 Å². The van der Waals surface area contributed by atoms with Crippen molar-refractivity contribution in [1.29, 1.82) is 0 Å². The predicted octanol–water partition coefficient (Wildman–Crippen LogP) is 8.03. The number of hydrogen-bond acceptors (Lipinski definition) is 2. The number of H-pyrrole nitrogens is 1. The van der Waals surface area contributed by atoms with Gasteiger partial charge in [-0.1, -0.05) is 84.9 Å². The molecule has 8 aromatic rings. The van der Waals surface area contributed by atoms with E-state index in [1.54, 1.807) is 0 Å². The van der Waals surface area contributed by atoms with Crippen LogP contribution in [0.3, 0.4) is 0 Å². The Morgan fingerprint density at radius 3 is 2.11 bits per heavy atom. The molecule has 0 bridgehead atoms. The second kappa shape index (κ2) is 7.27. The fourth-order valence-corrected chi connectivity index (χ4v) is 5.60. The van der Waals surface area contributed by atoms with Crippen LogP contribution in [0, 0.1) is 0 Å². The molecule has 0 aliphatic rings. The highest BCUT2D eigenvalue weighted by molar-refractivity contribution is 6.28. The predicted molar refractivity (Wildman–Crippen MR) is 149 cm³/mol. The zero-order valence-electron chi connectivity index (χ0n) is 19.3. The largest absolute Gasteiger partial charge is 0.354 e. The van der Waals surface area contributed by atoms with Crippen molar-refractivity contribution < 1.29 is 0 Å². The van der Waals surface area contributed by atoms with Crippen molar-refractivity contribution in [2.75, 3.05) is 0 Å². The third kappa shape index (κ3) is 2.64. The van der Waals surface area contributed by atoms with Gasteiger partial charge in [0.1, 0.15) is 0 Å². The molecule has 168 valence electrons. The van der Waals surface area contributed by atoms with Crippen molar-refractivity contribution >= 4 is 54.5 Å². The third-order valence-corrected chi connectivity index (χ3v) is 7.14. The maximum absolute atomic E-state index is 5.19. The molecule has 3 aromatic heterocycles. The molecule has 0 aliphatic carbocycles. The maximum Gasteiger partial charge on any atom is 0.235 e. The Morgan fingerprint density at radius 2 is 1.22 bits per heavy atom. The first-order valence-corrected chi connectivity index (χ1v) is 12.1. The molecule has 0 saturated carbocycles. The first kappa shape index (κ1) is 19.4. The standard InChI is InChI=1S/C32H20N4/c1-2-10-20(11-3-1)31-22-13-5-8-16-25(22)34-32(35-31)36-27-17-9-6-14-23(27)30-28(36)19-18-26-29(30)21-12-4-7-15-24(21)33-26/h1-19,33H. The molecule has 0 fully saturated rings. The SMILES string of the molecule is c1ccc(-c2nc(-n3c4ccccc4c4c5c(ccc43)[nH]c3ccccc35)nc3ccccc23)cc1. The Kier molecular flexibility index (Phi) is 3.91. The molecule has 4 nitrogen and oxygen atoms in total. The fourth-order valence-electron chi connectivity index (χ4n) is 5.60. The minimum Gasteiger partial charge on any atom is -0.354 e. The number of aromatic amines is 1. The number of nitrogens with zero attached hydrogens (tertiary/aromatic N) is 3. The second-order valence-corrected chi connectivity index (χ2v) is 9.16. The van der Waals surface area contributed by atoms with Crippen LogP contribution in [0.15, 0.2) is 115 Å². The van der Waals surface area contributed by atoms with Crippen molar-refractivity contribution in [1.82, 2.24) is 19.5 Å². The Balaban J connectivity index is 1.55. The summed E-state index contributed by atoms with van der Waals surface area (Å²) in [6, 6.07) is 40.1. The first-order valence-electron chi connectivity index (χ1n) is 12.1. The fraction of sp³-hybridized carbons (Fsp3) is 0. The highest BCUT2D eigenvalue weighted by Crippen LogP contribution is 2.40. The van der Waals surface area contributed by atoms with Gasteiger partial charge in [0.25, 0.3) is 0 Å². The molecule has 1 N–H and O–H groups in total. The van der Waals surface area contributed by atoms with Gasteiger partial charge in [0.2, 0.25) is 5.95 Å². The van der Waals surface area contributed by atoms with Crippen LogP contribution in [-0.2, 0) is 0 Å². The Labute approximate surface area is 206 Å². The molecule has 0 unspecified atom stereocenters. The summed E-state index contributed by atoms with van der Waals surface area (Å²) < 4.78 is 2.21. The average Bonchev–Trinajstić information content (AvgIpc) is 3.48. The van der Waals surface area contributed by atoms with E-state index in [1.807, 2.05) is 18.2 Å². The minimum atomic E-state index is 0.679. The number of aromatic nitrogens is 4. The van der Waals surface area contributed by atoms with Crippen LogP contribution in [0.4, 0.5) is 0 Å². The summed E-state index contributed by atoms with van der Waals surface area (Å²) >= 11 is 0. The minimum absolute atomic E-state index is 0.679. The number of hydrogen-bond donors (Lipinski definition) is 1. The van der Waals surface area contributed by atoms with E-state index in [1.165, 1.54) is 21.5 Å². The summed E-state index contributed by atoms with van der Waals surface area (Å²) in [6.07, 6.45) is 0. The molecule has 5 aromatic carbocycles. The number of nitrogens with one attached hydrogen (secondary N) is 1. The van der Waals surface area contributed by atoms with Gasteiger partial charge in [-0.3, -0.25) is 4.57 Å². The third-order valence-electron chi connectivity index (χ3n) is 7.14. The summed E-state index contributed by atoms with van der Waals surface area (Å²) in [7, 11) is 0. The van der Waals surface area contributed by atoms with Gasteiger partial charge in [-0.25, -0.2) is 9.97 Å². The van der Waals surface area contributed by atoms with E-state index in [0.717, 1.165) is 44.2 Å². The lowest BCUT2D eigenvalue weighted by atomic mass is 10.1. The lowest BCUT2D eigenvalue weighted by Crippen LogP contribution is -2.03. The normalized spacial score (nSPS) is 11.9. The molecule has 0 saturated heterocycles. The summed E-state index contributed by atoms with van der Waals surface area (Å²) in [4.78, 5) is 13.9. The van der Waals surface area contributed by atoms with Crippen LogP contribution in [0.5, 0.6) is 0 Å². The van der Waals surface area contributed by atoms with Gasteiger partial charge < -0.3 is 4.98 Å². The van der Waals surface area contributed by atoms with Gasteiger partial charge >= 0.3 is 0 Å². The molecule has 36 heavy (non-hydrogen) atoms. The Bertz CT molecular complexity index is 2100. The summed E-state index contributed by atoms with van der Waals surface area (Å²) in [5.74, 6) is 0.679. The highest BCUT2D eigenvalue weighted by Gasteiger charge is 2.19. The van der Waals surface area contributed by atoms with Crippen LogP contribution < -0.4 is 0 Å². The number of fused-ring (bicyclic) bond motifs is 8. The van der Waals surface area contributed by atoms with E-state index in [2.05, 4.69) is 107 Å². The number of para-hydroxylation sites is 3. The van der Waals surface area contributed by atoms with Crippen LogP contribution in [0.1, 0.15) is 0 Å². The van der Waals surface area contributed by atoms with Crippen molar-refractivity contribution in [3.8, 4) is 17.2 Å². The van der Waals surface area contributed by atoms with Crippen molar-refractivity contribution in [2.24, 2.45) is 0 Å². The van der Waals surface area contributed by atoms with Gasteiger partial charge in [0.05, 0.1) is 22.2 Å². The second-order valence-electron chi connectivity index (χ2n) is 9.16. The zero-order valence-corrected chi connectivity index (χ0v) is 19.3.